The molecule has 0 spiro atoms. The lowest BCUT2D eigenvalue weighted by atomic mass is 9.69. The van der Waals surface area contributed by atoms with Crippen molar-refractivity contribution in [3.63, 3.8) is 0 Å². The Bertz CT molecular complexity index is 887. The third-order valence-corrected chi connectivity index (χ3v) is 6.00. The van der Waals surface area contributed by atoms with Crippen LogP contribution in [0.25, 0.3) is 5.57 Å². The highest BCUT2D eigenvalue weighted by Crippen LogP contribution is 2.41. The molecule has 0 aromatic heterocycles. The van der Waals surface area contributed by atoms with Crippen molar-refractivity contribution in [2.24, 2.45) is 11.8 Å². The number of allylic oxidation sites excluding steroid dienone is 5. The molecule has 5 nitrogen and oxygen atoms in total. The van der Waals surface area contributed by atoms with Crippen molar-refractivity contribution in [1.29, 1.82) is 0 Å². The van der Waals surface area contributed by atoms with Gasteiger partial charge in [-0.1, -0.05) is 29.4 Å². The summed E-state index contributed by atoms with van der Waals surface area (Å²) in [5.74, 6) is -0.949. The Labute approximate surface area is 178 Å². The van der Waals surface area contributed by atoms with Crippen LogP contribution < -0.4 is 0 Å². The van der Waals surface area contributed by atoms with Gasteiger partial charge in [-0.15, -0.1) is 0 Å². The van der Waals surface area contributed by atoms with Crippen molar-refractivity contribution in [2.75, 3.05) is 0 Å². The van der Waals surface area contributed by atoms with Crippen molar-refractivity contribution in [1.82, 2.24) is 0 Å². The number of phenolic OH excluding ortho intramolecular Hbond substituents is 1. The van der Waals surface area contributed by atoms with Crippen LogP contribution >= 0.6 is 0 Å². The number of aliphatic hydroxyl groups is 2. The lowest BCUT2D eigenvalue weighted by Gasteiger charge is -2.44. The van der Waals surface area contributed by atoms with Gasteiger partial charge >= 0.3 is 0 Å². The fourth-order valence-corrected chi connectivity index (χ4v) is 4.27. The predicted molar refractivity (Wildman–Crippen MR) is 117 cm³/mol. The number of rotatable bonds is 5. The summed E-state index contributed by atoms with van der Waals surface area (Å²) in [4.78, 5) is 13.3. The number of aliphatic hydroxyl groups excluding tert-OH is 2. The molecular formula is C25H32O5. The molecule has 30 heavy (non-hydrogen) atoms. The first-order valence-corrected chi connectivity index (χ1v) is 10.5. The van der Waals surface area contributed by atoms with E-state index in [0.717, 1.165) is 16.7 Å². The van der Waals surface area contributed by atoms with E-state index in [0.29, 0.717) is 24.0 Å². The molecule has 3 rings (SSSR count). The average Bonchev–Trinajstić information content (AvgIpc) is 2.67. The second kappa shape index (κ2) is 9.19. The van der Waals surface area contributed by atoms with Crippen LogP contribution in [0.5, 0.6) is 5.75 Å². The molecule has 3 N–H and O–H groups in total. The molecule has 1 aliphatic carbocycles. The van der Waals surface area contributed by atoms with Gasteiger partial charge in [-0.25, -0.2) is 0 Å². The van der Waals surface area contributed by atoms with Gasteiger partial charge in [0.05, 0.1) is 30.0 Å². The highest BCUT2D eigenvalue weighted by molar-refractivity contribution is 6.22. The number of carbonyl (C=O) groups is 1. The monoisotopic (exact) mass is 412 g/mol. The van der Waals surface area contributed by atoms with E-state index in [9.17, 15) is 20.1 Å². The van der Waals surface area contributed by atoms with Gasteiger partial charge in [0.25, 0.3) is 0 Å². The van der Waals surface area contributed by atoms with Gasteiger partial charge in [0.1, 0.15) is 11.9 Å². The number of ketones is 1. The fraction of sp³-hybridized carbons (Fsp3) is 0.480. The minimum absolute atomic E-state index is 0.159. The molecule has 1 aromatic rings. The zero-order valence-electron chi connectivity index (χ0n) is 18.1. The molecule has 0 amide bonds. The van der Waals surface area contributed by atoms with Gasteiger partial charge < -0.3 is 20.1 Å². The Hall–Kier alpha value is -2.37. The lowest BCUT2D eigenvalue weighted by Crippen LogP contribution is -2.54. The Morgan fingerprint density at radius 1 is 1.10 bits per heavy atom. The SMILES string of the molecule is CC(C)=CCc1cc(C2=COC3C(CC=C(C)C)C(O)CC(O)C3C2=O)ccc1O. The molecule has 5 atom stereocenters. The van der Waals surface area contributed by atoms with E-state index in [4.69, 9.17) is 4.74 Å². The van der Waals surface area contributed by atoms with Crippen molar-refractivity contribution in [2.45, 2.75) is 65.3 Å². The van der Waals surface area contributed by atoms with Crippen molar-refractivity contribution in [3.8, 4) is 5.75 Å². The minimum atomic E-state index is -0.952. The van der Waals surface area contributed by atoms with Crippen LogP contribution in [0.2, 0.25) is 0 Å². The number of hydrogen-bond acceptors (Lipinski definition) is 5. The molecule has 0 radical (unpaired) electrons. The summed E-state index contributed by atoms with van der Waals surface area (Å²) in [5, 5.41) is 31.3. The molecule has 5 heteroatoms. The zero-order chi connectivity index (χ0) is 22.0. The number of carbonyl (C=O) groups excluding carboxylic acids is 1. The second-order valence-corrected chi connectivity index (χ2v) is 8.90. The molecular weight excluding hydrogens is 380 g/mol. The maximum atomic E-state index is 13.3. The number of hydrogen-bond donors (Lipinski definition) is 3. The van der Waals surface area contributed by atoms with Crippen LogP contribution in [0.1, 0.15) is 51.7 Å². The average molecular weight is 413 g/mol. The van der Waals surface area contributed by atoms with E-state index in [1.165, 1.54) is 6.26 Å². The van der Waals surface area contributed by atoms with Gasteiger partial charge in [0, 0.05) is 12.3 Å². The molecule has 2 aliphatic rings. The quantitative estimate of drug-likeness (QED) is 0.638. The normalized spacial score (nSPS) is 28.1. The van der Waals surface area contributed by atoms with Crippen molar-refractivity contribution in [3.05, 3.63) is 58.9 Å². The van der Waals surface area contributed by atoms with Crippen LogP contribution in [0, 0.1) is 11.8 Å². The molecule has 1 fully saturated rings. The fourth-order valence-electron chi connectivity index (χ4n) is 4.27. The topological polar surface area (TPSA) is 87.0 Å². The molecule has 0 saturated heterocycles. The minimum Gasteiger partial charge on any atom is -0.508 e. The van der Waals surface area contributed by atoms with Crippen LogP contribution in [0.3, 0.4) is 0 Å². The first kappa shape index (κ1) is 22.3. The largest absolute Gasteiger partial charge is 0.508 e. The summed E-state index contributed by atoms with van der Waals surface area (Å²) in [6.45, 7) is 7.97. The second-order valence-electron chi connectivity index (χ2n) is 8.90. The van der Waals surface area contributed by atoms with E-state index in [2.05, 4.69) is 0 Å². The smallest absolute Gasteiger partial charge is 0.175 e. The Morgan fingerprint density at radius 2 is 1.80 bits per heavy atom. The highest BCUT2D eigenvalue weighted by atomic mass is 16.5. The van der Waals surface area contributed by atoms with Gasteiger partial charge in [0.15, 0.2) is 5.78 Å². The summed E-state index contributed by atoms with van der Waals surface area (Å²) in [5.41, 5.74) is 4.06. The number of phenols is 1. The molecule has 0 bridgehead atoms. The Balaban J connectivity index is 1.92. The molecule has 1 saturated carbocycles. The standard InChI is InChI=1S/C25H32O5/c1-14(2)5-7-17-11-16(8-10-20(17)26)19-13-30-25-18(9-6-15(3)4)21(27)12-22(28)23(25)24(19)29/h5-6,8,10-11,13,18,21-23,25-28H,7,9,12H2,1-4H3. The van der Waals surface area contributed by atoms with Crippen molar-refractivity contribution < 1.29 is 24.9 Å². The van der Waals surface area contributed by atoms with E-state index < -0.39 is 24.2 Å². The molecule has 162 valence electrons. The molecule has 1 aromatic carbocycles. The predicted octanol–water partition coefficient (Wildman–Crippen LogP) is 3.92. The van der Waals surface area contributed by atoms with Crippen LogP contribution in [-0.4, -0.2) is 39.4 Å². The highest BCUT2D eigenvalue weighted by Gasteiger charge is 2.50. The van der Waals surface area contributed by atoms with E-state index in [-0.39, 0.29) is 23.9 Å². The number of fused-ring (bicyclic) bond motifs is 1. The van der Waals surface area contributed by atoms with Crippen LogP contribution in [0.4, 0.5) is 0 Å². The maximum absolute atomic E-state index is 13.3. The first-order chi connectivity index (χ1) is 14.2. The van der Waals surface area contributed by atoms with E-state index in [1.54, 1.807) is 18.2 Å². The third-order valence-electron chi connectivity index (χ3n) is 6.00. The molecule has 1 heterocycles. The number of ether oxygens (including phenoxy) is 1. The van der Waals surface area contributed by atoms with E-state index >= 15 is 0 Å². The van der Waals surface area contributed by atoms with Crippen molar-refractivity contribution >= 4 is 11.4 Å². The lowest BCUT2D eigenvalue weighted by molar-refractivity contribution is -0.148. The van der Waals surface area contributed by atoms with Gasteiger partial charge in [-0.2, -0.15) is 0 Å². The maximum Gasteiger partial charge on any atom is 0.175 e. The summed E-state index contributed by atoms with van der Waals surface area (Å²) in [6, 6.07) is 5.08. The molecule has 5 unspecified atom stereocenters. The zero-order valence-corrected chi connectivity index (χ0v) is 18.1. The molecule has 1 aliphatic heterocycles. The van der Waals surface area contributed by atoms with Gasteiger partial charge in [0.2, 0.25) is 0 Å². The summed E-state index contributed by atoms with van der Waals surface area (Å²) >= 11 is 0. The van der Waals surface area contributed by atoms with Crippen LogP contribution in [0.15, 0.2) is 47.8 Å². The Morgan fingerprint density at radius 3 is 2.47 bits per heavy atom. The number of aromatic hydroxyl groups is 1. The van der Waals surface area contributed by atoms with Crippen LogP contribution in [-0.2, 0) is 16.0 Å². The summed E-state index contributed by atoms with van der Waals surface area (Å²) in [7, 11) is 0. The Kier molecular flexibility index (Phi) is 6.84. The summed E-state index contributed by atoms with van der Waals surface area (Å²) < 4.78 is 5.97. The summed E-state index contributed by atoms with van der Waals surface area (Å²) in [6.07, 6.45) is 4.60. The number of benzene rings is 1. The van der Waals surface area contributed by atoms with Gasteiger partial charge in [-0.3, -0.25) is 4.79 Å². The van der Waals surface area contributed by atoms with E-state index in [1.807, 2.05) is 39.8 Å². The van der Waals surface area contributed by atoms with Gasteiger partial charge in [-0.05, 0) is 63.8 Å². The number of Topliss-reactive ketones (excluding diaryl/α,β-unsaturated/α-hetero) is 1. The third kappa shape index (κ3) is 4.68. The first-order valence-electron chi connectivity index (χ1n) is 10.5.